The number of esters is 1. The van der Waals surface area contributed by atoms with Crippen molar-refractivity contribution in [2.24, 2.45) is 0 Å². The number of halogens is 1. The monoisotopic (exact) mass is 511 g/mol. The third kappa shape index (κ3) is 7.65. The van der Waals surface area contributed by atoms with Crippen LogP contribution in [0.25, 0.3) is 10.9 Å². The summed E-state index contributed by atoms with van der Waals surface area (Å²) in [5.41, 5.74) is 2.31. The highest BCUT2D eigenvalue weighted by molar-refractivity contribution is 9.10. The molecule has 0 spiro atoms. The number of nitrogens with one attached hydrogen (secondary N) is 2. The summed E-state index contributed by atoms with van der Waals surface area (Å²) >= 11 is 3.47. The molecular formula is C24H26BrN5O3. The van der Waals surface area contributed by atoms with E-state index in [1.807, 2.05) is 60.5 Å². The fourth-order valence-corrected chi connectivity index (χ4v) is 3.48. The fourth-order valence-electron chi connectivity index (χ4n) is 3.09. The van der Waals surface area contributed by atoms with E-state index in [0.717, 1.165) is 21.1 Å². The van der Waals surface area contributed by atoms with Crippen molar-refractivity contribution >= 4 is 55.9 Å². The second-order valence-electron chi connectivity index (χ2n) is 7.32. The van der Waals surface area contributed by atoms with E-state index >= 15 is 0 Å². The van der Waals surface area contributed by atoms with E-state index in [0.29, 0.717) is 24.7 Å². The standard InChI is InChI=1S/C24H26BrN5O3/c1-3-33-23(32)15-30(2)12-5-4-9-22(31)28-19-10-11-21-20(14-19)24(27-16-26-21)29-18-8-6-7-17(25)13-18/h4-8,10-11,13-14,16H,3,9,12,15H2,1-2H3,(H,28,31)(H,26,27,29)/b5-4+. The number of rotatable bonds is 10. The SMILES string of the molecule is CCOC(=O)CN(C)C/C=C/CC(=O)Nc1ccc2ncnc(Nc3cccc(Br)c3)c2c1. The number of carbonyl (C=O) groups is 2. The summed E-state index contributed by atoms with van der Waals surface area (Å²) in [6, 6.07) is 13.3. The third-order valence-corrected chi connectivity index (χ3v) is 5.09. The Balaban J connectivity index is 1.60. The normalized spacial score (nSPS) is 11.2. The van der Waals surface area contributed by atoms with Gasteiger partial charge in [-0.25, -0.2) is 9.97 Å². The summed E-state index contributed by atoms with van der Waals surface area (Å²) in [5.74, 6) is 0.246. The molecule has 1 heterocycles. The zero-order valence-electron chi connectivity index (χ0n) is 18.5. The highest BCUT2D eigenvalue weighted by Gasteiger charge is 2.08. The molecule has 0 atom stereocenters. The van der Waals surface area contributed by atoms with Gasteiger partial charge in [0.2, 0.25) is 5.91 Å². The van der Waals surface area contributed by atoms with Crippen molar-refractivity contribution in [3.05, 3.63) is 65.4 Å². The first-order valence-electron chi connectivity index (χ1n) is 10.5. The number of nitrogens with zero attached hydrogens (tertiary/aromatic N) is 3. The molecule has 0 aliphatic carbocycles. The predicted molar refractivity (Wildman–Crippen MR) is 133 cm³/mol. The van der Waals surface area contributed by atoms with Gasteiger partial charge in [0.05, 0.1) is 18.7 Å². The average molecular weight is 512 g/mol. The lowest BCUT2D eigenvalue weighted by atomic mass is 10.2. The average Bonchev–Trinajstić information content (AvgIpc) is 2.77. The number of carbonyl (C=O) groups excluding carboxylic acids is 2. The van der Waals surface area contributed by atoms with E-state index in [1.54, 1.807) is 13.0 Å². The second kappa shape index (κ2) is 12.1. The van der Waals surface area contributed by atoms with Gasteiger partial charge in [0, 0.05) is 34.2 Å². The molecule has 0 aliphatic heterocycles. The van der Waals surface area contributed by atoms with Gasteiger partial charge in [0.1, 0.15) is 12.1 Å². The Bertz CT molecular complexity index is 1150. The Morgan fingerprint density at radius 1 is 1.12 bits per heavy atom. The van der Waals surface area contributed by atoms with Crippen molar-refractivity contribution < 1.29 is 14.3 Å². The lowest BCUT2D eigenvalue weighted by Gasteiger charge is -2.12. The van der Waals surface area contributed by atoms with Crippen LogP contribution in [0.15, 0.2) is 65.4 Å². The minimum absolute atomic E-state index is 0.142. The number of likely N-dealkylation sites (N-methyl/N-ethyl adjacent to an activating group) is 1. The molecule has 0 unspecified atom stereocenters. The Kier molecular flexibility index (Phi) is 8.91. The molecule has 0 saturated carbocycles. The molecule has 33 heavy (non-hydrogen) atoms. The number of hydrogen-bond acceptors (Lipinski definition) is 7. The maximum atomic E-state index is 12.4. The minimum atomic E-state index is -0.264. The zero-order chi connectivity index (χ0) is 23.6. The Morgan fingerprint density at radius 3 is 2.76 bits per heavy atom. The predicted octanol–water partition coefficient (Wildman–Crippen LogP) is 4.52. The van der Waals surface area contributed by atoms with Crippen LogP contribution in [0, 0.1) is 0 Å². The highest BCUT2D eigenvalue weighted by atomic mass is 79.9. The highest BCUT2D eigenvalue weighted by Crippen LogP contribution is 2.27. The molecule has 2 aromatic carbocycles. The summed E-state index contributed by atoms with van der Waals surface area (Å²) < 4.78 is 5.87. The number of ether oxygens (including phenoxy) is 1. The molecule has 3 rings (SSSR count). The van der Waals surface area contributed by atoms with Gasteiger partial charge in [-0.3, -0.25) is 14.5 Å². The lowest BCUT2D eigenvalue weighted by Crippen LogP contribution is -2.27. The molecular weight excluding hydrogens is 486 g/mol. The summed E-state index contributed by atoms with van der Waals surface area (Å²) in [4.78, 5) is 34.3. The number of amides is 1. The van der Waals surface area contributed by atoms with Crippen LogP contribution in [0.1, 0.15) is 13.3 Å². The van der Waals surface area contributed by atoms with Crippen molar-refractivity contribution in [1.29, 1.82) is 0 Å². The Morgan fingerprint density at radius 2 is 1.97 bits per heavy atom. The van der Waals surface area contributed by atoms with Crippen molar-refractivity contribution in [2.75, 3.05) is 37.4 Å². The zero-order valence-corrected chi connectivity index (χ0v) is 20.1. The molecule has 9 heteroatoms. The van der Waals surface area contributed by atoms with E-state index in [9.17, 15) is 9.59 Å². The van der Waals surface area contributed by atoms with Crippen LogP contribution in [0.5, 0.6) is 0 Å². The van der Waals surface area contributed by atoms with E-state index in [4.69, 9.17) is 4.74 Å². The van der Waals surface area contributed by atoms with Gasteiger partial charge in [-0.05, 0) is 50.4 Å². The van der Waals surface area contributed by atoms with Crippen LogP contribution in [-0.4, -0.2) is 53.5 Å². The largest absolute Gasteiger partial charge is 0.465 e. The summed E-state index contributed by atoms with van der Waals surface area (Å²) in [6.07, 6.45) is 5.36. The van der Waals surface area contributed by atoms with E-state index < -0.39 is 0 Å². The van der Waals surface area contributed by atoms with Gasteiger partial charge < -0.3 is 15.4 Å². The smallest absolute Gasteiger partial charge is 0.320 e. The van der Waals surface area contributed by atoms with E-state index in [-0.39, 0.29) is 24.8 Å². The molecule has 172 valence electrons. The van der Waals surface area contributed by atoms with E-state index in [2.05, 4.69) is 36.5 Å². The number of fused-ring (bicyclic) bond motifs is 1. The first-order chi connectivity index (χ1) is 15.9. The van der Waals surface area contributed by atoms with Crippen LogP contribution < -0.4 is 10.6 Å². The van der Waals surface area contributed by atoms with Gasteiger partial charge in [-0.2, -0.15) is 0 Å². The number of aromatic nitrogens is 2. The lowest BCUT2D eigenvalue weighted by molar-refractivity contribution is -0.143. The van der Waals surface area contributed by atoms with Crippen LogP contribution >= 0.6 is 15.9 Å². The molecule has 0 radical (unpaired) electrons. The van der Waals surface area contributed by atoms with Gasteiger partial charge in [0.15, 0.2) is 0 Å². The number of benzene rings is 2. The van der Waals surface area contributed by atoms with Crippen molar-refractivity contribution in [3.8, 4) is 0 Å². The molecule has 1 amide bonds. The summed E-state index contributed by atoms with van der Waals surface area (Å²) in [5, 5.41) is 7.00. The maximum absolute atomic E-state index is 12.4. The first kappa shape index (κ1) is 24.3. The number of hydrogen-bond donors (Lipinski definition) is 2. The molecule has 0 saturated heterocycles. The van der Waals surface area contributed by atoms with Crippen LogP contribution in [0.2, 0.25) is 0 Å². The maximum Gasteiger partial charge on any atom is 0.320 e. The molecule has 8 nitrogen and oxygen atoms in total. The topological polar surface area (TPSA) is 96.5 Å². The molecule has 0 aliphatic rings. The van der Waals surface area contributed by atoms with Crippen molar-refractivity contribution in [2.45, 2.75) is 13.3 Å². The van der Waals surface area contributed by atoms with Crippen LogP contribution in [0.4, 0.5) is 17.2 Å². The van der Waals surface area contributed by atoms with Crippen molar-refractivity contribution in [1.82, 2.24) is 14.9 Å². The quantitative estimate of drug-likeness (QED) is 0.305. The van der Waals surface area contributed by atoms with Crippen molar-refractivity contribution in [3.63, 3.8) is 0 Å². The van der Waals surface area contributed by atoms with Gasteiger partial charge in [0.25, 0.3) is 0 Å². The number of anilines is 3. The van der Waals surface area contributed by atoms with Gasteiger partial charge in [-0.1, -0.05) is 34.1 Å². The van der Waals surface area contributed by atoms with Crippen LogP contribution in [-0.2, 0) is 14.3 Å². The second-order valence-corrected chi connectivity index (χ2v) is 8.23. The molecule has 3 aromatic rings. The fraction of sp³-hybridized carbons (Fsp3) is 0.250. The third-order valence-electron chi connectivity index (χ3n) is 4.60. The van der Waals surface area contributed by atoms with Crippen LogP contribution in [0.3, 0.4) is 0 Å². The Hall–Kier alpha value is -3.30. The van der Waals surface area contributed by atoms with Gasteiger partial charge in [-0.15, -0.1) is 0 Å². The summed E-state index contributed by atoms with van der Waals surface area (Å²) in [6.45, 7) is 2.90. The Labute approximate surface area is 201 Å². The molecule has 2 N–H and O–H groups in total. The minimum Gasteiger partial charge on any atom is -0.465 e. The molecule has 0 fully saturated rings. The molecule has 1 aromatic heterocycles. The first-order valence-corrected chi connectivity index (χ1v) is 11.3. The summed E-state index contributed by atoms with van der Waals surface area (Å²) in [7, 11) is 1.82. The molecule has 0 bridgehead atoms. The van der Waals surface area contributed by atoms with E-state index in [1.165, 1.54) is 6.33 Å². The van der Waals surface area contributed by atoms with Gasteiger partial charge >= 0.3 is 5.97 Å².